The van der Waals surface area contributed by atoms with Crippen LogP contribution < -0.4 is 10.8 Å². The lowest BCUT2D eigenvalue weighted by Crippen LogP contribution is -2.07. The number of nitrogens with one attached hydrogen (secondary N) is 1. The van der Waals surface area contributed by atoms with Crippen molar-refractivity contribution in [3.63, 3.8) is 0 Å². The summed E-state index contributed by atoms with van der Waals surface area (Å²) in [6.45, 7) is 5.40. The van der Waals surface area contributed by atoms with Gasteiger partial charge in [-0.05, 0) is 30.5 Å². The lowest BCUT2D eigenvalue weighted by molar-refractivity contribution is 0.829. The van der Waals surface area contributed by atoms with Gasteiger partial charge in [-0.25, -0.2) is 4.98 Å². The second kappa shape index (κ2) is 5.90. The number of hydrogen-bond acceptors (Lipinski definition) is 2. The number of unbranched alkanes of at least 4 members (excludes halogenated alkanes) is 1. The van der Waals surface area contributed by atoms with E-state index in [1.54, 1.807) is 0 Å². The van der Waals surface area contributed by atoms with Crippen molar-refractivity contribution in [3.05, 3.63) is 29.8 Å². The highest BCUT2D eigenvalue weighted by atomic mass is 15.0. The van der Waals surface area contributed by atoms with Crippen molar-refractivity contribution in [3.8, 4) is 0 Å². The molecule has 0 unspecified atom stereocenters. The highest BCUT2D eigenvalue weighted by Gasteiger charge is 2.05. The number of aromatic nitrogens is 1. The molecule has 0 saturated heterocycles. The Bertz CT molecular complexity index is 537. The zero-order valence-corrected chi connectivity index (χ0v) is 11.6. The molecule has 1 N–H and O–H groups in total. The topological polar surface area (TPSA) is 24.9 Å². The van der Waals surface area contributed by atoms with Crippen LogP contribution in [0.5, 0.6) is 0 Å². The van der Waals surface area contributed by atoms with Crippen molar-refractivity contribution in [2.24, 2.45) is 0 Å². The summed E-state index contributed by atoms with van der Waals surface area (Å²) >= 11 is 0. The van der Waals surface area contributed by atoms with Gasteiger partial charge in [0.2, 0.25) is 0 Å². The molecule has 0 amide bonds. The summed E-state index contributed by atoms with van der Waals surface area (Å²) in [5, 5.41) is 4.70. The van der Waals surface area contributed by atoms with Gasteiger partial charge in [0, 0.05) is 11.9 Å². The standard InChI is InChI=1S/C15H21BN2/c1-3-5-8-17-15-11(4-2)9-12-10-13(16)6-7-14(12)18-15/h6-7,9-10H,3-5,8,16H2,1-2H3,(H,17,18). The van der Waals surface area contributed by atoms with Gasteiger partial charge in [0.15, 0.2) is 0 Å². The van der Waals surface area contributed by atoms with E-state index >= 15 is 0 Å². The molecule has 2 nitrogen and oxygen atoms in total. The van der Waals surface area contributed by atoms with Crippen LogP contribution in [0.4, 0.5) is 5.82 Å². The minimum atomic E-state index is 1.01. The Kier molecular flexibility index (Phi) is 4.24. The first-order valence-corrected chi connectivity index (χ1v) is 6.88. The summed E-state index contributed by atoms with van der Waals surface area (Å²) in [6, 6.07) is 8.70. The Balaban J connectivity index is 2.36. The Morgan fingerprint density at radius 1 is 1.22 bits per heavy atom. The smallest absolute Gasteiger partial charge is 0.139 e. The van der Waals surface area contributed by atoms with Gasteiger partial charge in [0.1, 0.15) is 13.7 Å². The van der Waals surface area contributed by atoms with Crippen LogP contribution in [0.3, 0.4) is 0 Å². The summed E-state index contributed by atoms with van der Waals surface area (Å²) in [5.74, 6) is 1.06. The number of nitrogens with zero attached hydrogens (tertiary/aromatic N) is 1. The van der Waals surface area contributed by atoms with Gasteiger partial charge in [-0.3, -0.25) is 0 Å². The molecule has 18 heavy (non-hydrogen) atoms. The third-order valence-electron chi connectivity index (χ3n) is 3.25. The summed E-state index contributed by atoms with van der Waals surface area (Å²) < 4.78 is 0. The van der Waals surface area contributed by atoms with Gasteiger partial charge in [-0.15, -0.1) is 0 Å². The van der Waals surface area contributed by atoms with Crippen molar-refractivity contribution in [1.82, 2.24) is 4.98 Å². The average molecular weight is 240 g/mol. The Morgan fingerprint density at radius 2 is 2.06 bits per heavy atom. The fraction of sp³-hybridized carbons (Fsp3) is 0.400. The molecule has 0 aliphatic rings. The van der Waals surface area contributed by atoms with Crippen molar-refractivity contribution in [2.45, 2.75) is 33.1 Å². The number of pyridine rings is 1. The summed E-state index contributed by atoms with van der Waals surface area (Å²) in [4.78, 5) is 4.75. The van der Waals surface area contributed by atoms with Gasteiger partial charge >= 0.3 is 0 Å². The maximum Gasteiger partial charge on any atom is 0.139 e. The lowest BCUT2D eigenvalue weighted by atomic mass is 9.94. The number of benzene rings is 1. The first kappa shape index (κ1) is 12.9. The minimum absolute atomic E-state index is 1.01. The maximum atomic E-state index is 4.75. The fourth-order valence-electron chi connectivity index (χ4n) is 2.15. The molecule has 0 fully saturated rings. The molecule has 1 aromatic heterocycles. The van der Waals surface area contributed by atoms with Crippen molar-refractivity contribution in [1.29, 1.82) is 0 Å². The number of rotatable bonds is 5. The van der Waals surface area contributed by atoms with Gasteiger partial charge in [0.05, 0.1) is 5.52 Å². The molecule has 0 radical (unpaired) electrons. The van der Waals surface area contributed by atoms with Crippen LogP contribution in [0.1, 0.15) is 32.3 Å². The molecule has 0 aliphatic heterocycles. The van der Waals surface area contributed by atoms with Crippen LogP contribution in [0.2, 0.25) is 0 Å². The second-order valence-electron chi connectivity index (χ2n) is 4.83. The number of aryl methyl sites for hydroxylation is 1. The molecular weight excluding hydrogens is 219 g/mol. The van der Waals surface area contributed by atoms with E-state index in [1.807, 2.05) is 0 Å². The van der Waals surface area contributed by atoms with Crippen LogP contribution in [0.15, 0.2) is 24.3 Å². The highest BCUT2D eigenvalue weighted by Crippen LogP contribution is 2.20. The number of hydrogen-bond donors (Lipinski definition) is 1. The number of anilines is 1. The predicted molar refractivity (Wildman–Crippen MR) is 82.7 cm³/mol. The summed E-state index contributed by atoms with van der Waals surface area (Å²) in [5.41, 5.74) is 3.68. The Labute approximate surface area is 110 Å². The van der Waals surface area contributed by atoms with Crippen molar-refractivity contribution >= 4 is 30.0 Å². The molecule has 3 heteroatoms. The Hall–Kier alpha value is -1.51. The van der Waals surface area contributed by atoms with E-state index in [4.69, 9.17) is 4.98 Å². The van der Waals surface area contributed by atoms with Crippen molar-refractivity contribution in [2.75, 3.05) is 11.9 Å². The SMILES string of the molecule is Bc1ccc2nc(NCCCC)c(CC)cc2c1. The van der Waals surface area contributed by atoms with Gasteiger partial charge in [0.25, 0.3) is 0 Å². The van der Waals surface area contributed by atoms with Gasteiger partial charge in [-0.2, -0.15) is 0 Å². The highest BCUT2D eigenvalue weighted by molar-refractivity contribution is 6.33. The molecule has 1 aromatic carbocycles. The molecule has 94 valence electrons. The van der Waals surface area contributed by atoms with E-state index in [1.165, 1.54) is 29.3 Å². The summed E-state index contributed by atoms with van der Waals surface area (Å²) in [6.07, 6.45) is 3.42. The first-order valence-electron chi connectivity index (χ1n) is 6.88. The maximum absolute atomic E-state index is 4.75. The third-order valence-corrected chi connectivity index (χ3v) is 3.25. The van der Waals surface area contributed by atoms with Crippen LogP contribution in [0.25, 0.3) is 10.9 Å². The van der Waals surface area contributed by atoms with Crippen LogP contribution in [-0.4, -0.2) is 19.4 Å². The van der Waals surface area contributed by atoms with Crippen LogP contribution >= 0.6 is 0 Å². The van der Waals surface area contributed by atoms with E-state index in [0.717, 1.165) is 24.3 Å². The van der Waals surface area contributed by atoms with Crippen LogP contribution in [-0.2, 0) is 6.42 Å². The predicted octanol–water partition coefficient (Wildman–Crippen LogP) is 2.27. The molecule has 2 aromatic rings. The van der Waals surface area contributed by atoms with E-state index in [-0.39, 0.29) is 0 Å². The molecular formula is C15H21BN2. The van der Waals surface area contributed by atoms with Gasteiger partial charge < -0.3 is 5.32 Å². The largest absolute Gasteiger partial charge is 0.370 e. The third kappa shape index (κ3) is 2.84. The zero-order chi connectivity index (χ0) is 13.0. The van der Waals surface area contributed by atoms with Crippen molar-refractivity contribution < 1.29 is 0 Å². The molecule has 0 saturated carbocycles. The first-order chi connectivity index (χ1) is 8.74. The van der Waals surface area contributed by atoms with Crippen LogP contribution in [0, 0.1) is 0 Å². The Morgan fingerprint density at radius 3 is 2.78 bits per heavy atom. The normalized spacial score (nSPS) is 10.8. The summed E-state index contributed by atoms with van der Waals surface area (Å²) in [7, 11) is 2.12. The molecule has 0 spiro atoms. The molecule has 1 heterocycles. The minimum Gasteiger partial charge on any atom is -0.370 e. The molecule has 2 rings (SSSR count). The quantitative estimate of drug-likeness (QED) is 0.640. The van der Waals surface area contributed by atoms with E-state index in [2.05, 4.69) is 51.3 Å². The van der Waals surface area contributed by atoms with E-state index < -0.39 is 0 Å². The number of fused-ring (bicyclic) bond motifs is 1. The molecule has 0 atom stereocenters. The monoisotopic (exact) mass is 240 g/mol. The fourth-order valence-corrected chi connectivity index (χ4v) is 2.15. The van der Waals surface area contributed by atoms with E-state index in [0.29, 0.717) is 0 Å². The van der Waals surface area contributed by atoms with Gasteiger partial charge in [-0.1, -0.05) is 37.9 Å². The second-order valence-corrected chi connectivity index (χ2v) is 4.83. The molecule has 0 bridgehead atoms. The van der Waals surface area contributed by atoms with E-state index in [9.17, 15) is 0 Å². The molecule has 0 aliphatic carbocycles. The lowest BCUT2D eigenvalue weighted by Gasteiger charge is -2.11. The zero-order valence-electron chi connectivity index (χ0n) is 11.6. The average Bonchev–Trinajstić information content (AvgIpc) is 2.38.